The van der Waals surface area contributed by atoms with Crippen molar-refractivity contribution < 1.29 is 4.79 Å². The van der Waals surface area contributed by atoms with Gasteiger partial charge in [-0.3, -0.25) is 9.69 Å². The highest BCUT2D eigenvalue weighted by Gasteiger charge is 2.23. The van der Waals surface area contributed by atoms with Gasteiger partial charge in [-0.15, -0.1) is 6.42 Å². The third-order valence-corrected chi connectivity index (χ3v) is 2.83. The van der Waals surface area contributed by atoms with Gasteiger partial charge in [-0.1, -0.05) is 12.8 Å². The van der Waals surface area contributed by atoms with E-state index in [2.05, 4.69) is 17.7 Å². The number of terminal acetylenes is 1. The first-order valence-electron chi connectivity index (χ1n) is 5.47. The van der Waals surface area contributed by atoms with Crippen LogP contribution in [-0.4, -0.2) is 29.8 Å². The van der Waals surface area contributed by atoms with Crippen LogP contribution in [0.1, 0.15) is 39.0 Å². The van der Waals surface area contributed by atoms with Gasteiger partial charge < -0.3 is 0 Å². The molecule has 0 N–H and O–H groups in total. The standard InChI is InChI=1S/C12H19NO/c1-3-9-13(10-4-2)11-5-7-12(14)8-6-11/h1,11H,4-10H2,2H3. The first-order valence-corrected chi connectivity index (χ1v) is 5.47. The Hall–Kier alpha value is -0.810. The Morgan fingerprint density at radius 2 is 2.14 bits per heavy atom. The van der Waals surface area contributed by atoms with Crippen LogP contribution in [0.3, 0.4) is 0 Å². The van der Waals surface area contributed by atoms with Gasteiger partial charge in [0.25, 0.3) is 0 Å². The van der Waals surface area contributed by atoms with E-state index in [1.807, 2.05) is 0 Å². The number of nitrogens with zero attached hydrogens (tertiary/aromatic N) is 1. The minimum Gasteiger partial charge on any atom is -0.300 e. The van der Waals surface area contributed by atoms with Crippen molar-refractivity contribution in [2.24, 2.45) is 0 Å². The molecule has 2 nitrogen and oxygen atoms in total. The van der Waals surface area contributed by atoms with Gasteiger partial charge in [-0.2, -0.15) is 0 Å². The molecule has 0 atom stereocenters. The van der Waals surface area contributed by atoms with E-state index in [4.69, 9.17) is 6.42 Å². The molecule has 0 aromatic rings. The van der Waals surface area contributed by atoms with E-state index < -0.39 is 0 Å². The minimum absolute atomic E-state index is 0.415. The molecule has 0 heterocycles. The average Bonchev–Trinajstić information content (AvgIpc) is 2.19. The van der Waals surface area contributed by atoms with Crippen LogP contribution in [0.15, 0.2) is 0 Å². The zero-order valence-corrected chi connectivity index (χ0v) is 8.96. The summed E-state index contributed by atoms with van der Waals surface area (Å²) in [6, 6.07) is 0.545. The van der Waals surface area contributed by atoms with Crippen molar-refractivity contribution in [3.8, 4) is 12.3 Å². The maximum atomic E-state index is 11.1. The molecule has 0 bridgehead atoms. The van der Waals surface area contributed by atoms with Gasteiger partial charge in [0.15, 0.2) is 0 Å². The Bertz CT molecular complexity index is 219. The SMILES string of the molecule is C#CCN(CCC)C1CCC(=O)CC1. The number of rotatable bonds is 4. The topological polar surface area (TPSA) is 20.3 Å². The molecule has 1 aliphatic rings. The van der Waals surface area contributed by atoms with Crippen LogP contribution < -0.4 is 0 Å². The second-order valence-corrected chi connectivity index (χ2v) is 3.94. The van der Waals surface area contributed by atoms with Crippen molar-refractivity contribution in [2.75, 3.05) is 13.1 Å². The molecule has 1 aliphatic carbocycles. The number of hydrogen-bond donors (Lipinski definition) is 0. The third-order valence-electron chi connectivity index (χ3n) is 2.83. The Morgan fingerprint density at radius 1 is 1.50 bits per heavy atom. The van der Waals surface area contributed by atoms with Gasteiger partial charge in [0.1, 0.15) is 5.78 Å². The molecule has 14 heavy (non-hydrogen) atoms. The van der Waals surface area contributed by atoms with Crippen molar-refractivity contribution in [2.45, 2.75) is 45.1 Å². The summed E-state index contributed by atoms with van der Waals surface area (Å²) in [6.07, 6.45) is 9.96. The van der Waals surface area contributed by atoms with Crippen LogP contribution >= 0.6 is 0 Å². The van der Waals surface area contributed by atoms with Gasteiger partial charge >= 0.3 is 0 Å². The molecular formula is C12H19NO. The summed E-state index contributed by atoms with van der Waals surface area (Å²) in [4.78, 5) is 13.4. The average molecular weight is 193 g/mol. The molecule has 0 spiro atoms. The first-order chi connectivity index (χ1) is 6.77. The van der Waals surface area contributed by atoms with Crippen LogP contribution in [0.2, 0.25) is 0 Å². The van der Waals surface area contributed by atoms with Crippen molar-refractivity contribution >= 4 is 5.78 Å². The fourth-order valence-corrected chi connectivity index (χ4v) is 2.08. The molecule has 0 amide bonds. The van der Waals surface area contributed by atoms with Crippen LogP contribution in [0.25, 0.3) is 0 Å². The maximum absolute atomic E-state index is 11.1. The van der Waals surface area contributed by atoms with Crippen molar-refractivity contribution in [1.82, 2.24) is 4.90 Å². The van der Waals surface area contributed by atoms with Gasteiger partial charge in [0.05, 0.1) is 6.54 Å². The highest BCUT2D eigenvalue weighted by atomic mass is 16.1. The van der Waals surface area contributed by atoms with E-state index >= 15 is 0 Å². The zero-order valence-electron chi connectivity index (χ0n) is 8.96. The summed E-state index contributed by atoms with van der Waals surface area (Å²) < 4.78 is 0. The lowest BCUT2D eigenvalue weighted by Gasteiger charge is -2.32. The molecule has 0 aromatic carbocycles. The van der Waals surface area contributed by atoms with Crippen LogP contribution in [-0.2, 0) is 4.79 Å². The van der Waals surface area contributed by atoms with Crippen LogP contribution in [0.5, 0.6) is 0 Å². The van der Waals surface area contributed by atoms with Crippen molar-refractivity contribution in [1.29, 1.82) is 0 Å². The second kappa shape index (κ2) is 5.82. The Balaban J connectivity index is 2.43. The Kier molecular flexibility index (Phi) is 4.69. The number of hydrogen-bond acceptors (Lipinski definition) is 2. The normalized spacial score (nSPS) is 18.5. The quantitative estimate of drug-likeness (QED) is 0.635. The van der Waals surface area contributed by atoms with Gasteiger partial charge in [0.2, 0.25) is 0 Å². The molecule has 1 rings (SSSR count). The number of carbonyl (C=O) groups excluding carboxylic acids is 1. The summed E-state index contributed by atoms with van der Waals surface area (Å²) in [5, 5.41) is 0. The van der Waals surface area contributed by atoms with E-state index in [1.165, 1.54) is 0 Å². The van der Waals surface area contributed by atoms with Crippen LogP contribution in [0.4, 0.5) is 0 Å². The van der Waals surface area contributed by atoms with E-state index in [-0.39, 0.29) is 0 Å². The molecule has 1 fully saturated rings. The molecular weight excluding hydrogens is 174 g/mol. The number of Topliss-reactive ketones (excluding diaryl/α,β-unsaturated/α-hetero) is 1. The predicted molar refractivity (Wildman–Crippen MR) is 58.0 cm³/mol. The van der Waals surface area contributed by atoms with E-state index in [9.17, 15) is 4.79 Å². The largest absolute Gasteiger partial charge is 0.300 e. The number of carbonyl (C=O) groups is 1. The van der Waals surface area contributed by atoms with E-state index in [0.717, 1.165) is 45.2 Å². The fourth-order valence-electron chi connectivity index (χ4n) is 2.08. The minimum atomic E-state index is 0.415. The van der Waals surface area contributed by atoms with Crippen molar-refractivity contribution in [3.05, 3.63) is 0 Å². The molecule has 0 radical (unpaired) electrons. The summed E-state index contributed by atoms with van der Waals surface area (Å²) in [7, 11) is 0. The maximum Gasteiger partial charge on any atom is 0.133 e. The van der Waals surface area contributed by atoms with E-state index in [1.54, 1.807) is 0 Å². The van der Waals surface area contributed by atoms with E-state index in [0.29, 0.717) is 11.8 Å². The summed E-state index contributed by atoms with van der Waals surface area (Å²) in [5.41, 5.74) is 0. The fraction of sp³-hybridized carbons (Fsp3) is 0.750. The molecule has 0 aliphatic heterocycles. The lowest BCUT2D eigenvalue weighted by atomic mass is 9.93. The summed E-state index contributed by atoms with van der Waals surface area (Å²) in [5.74, 6) is 3.12. The molecule has 1 saturated carbocycles. The van der Waals surface area contributed by atoms with Gasteiger partial charge in [-0.25, -0.2) is 0 Å². The molecule has 78 valence electrons. The molecule has 0 aromatic heterocycles. The number of ketones is 1. The molecule has 0 unspecified atom stereocenters. The van der Waals surface area contributed by atoms with Gasteiger partial charge in [0, 0.05) is 18.9 Å². The lowest BCUT2D eigenvalue weighted by Crippen LogP contribution is -2.39. The van der Waals surface area contributed by atoms with Crippen LogP contribution in [0, 0.1) is 12.3 Å². The molecule has 2 heteroatoms. The Morgan fingerprint density at radius 3 is 2.64 bits per heavy atom. The van der Waals surface area contributed by atoms with Gasteiger partial charge in [-0.05, 0) is 25.8 Å². The zero-order chi connectivity index (χ0) is 10.4. The second-order valence-electron chi connectivity index (χ2n) is 3.94. The monoisotopic (exact) mass is 193 g/mol. The third kappa shape index (κ3) is 3.16. The summed E-state index contributed by atoms with van der Waals surface area (Å²) in [6.45, 7) is 3.95. The lowest BCUT2D eigenvalue weighted by molar-refractivity contribution is -0.121. The first kappa shape index (κ1) is 11.3. The highest BCUT2D eigenvalue weighted by Crippen LogP contribution is 2.20. The smallest absolute Gasteiger partial charge is 0.133 e. The highest BCUT2D eigenvalue weighted by molar-refractivity contribution is 5.79. The molecule has 0 saturated heterocycles. The summed E-state index contributed by atoms with van der Waals surface area (Å²) >= 11 is 0. The predicted octanol–water partition coefficient (Wildman–Crippen LogP) is 1.84. The van der Waals surface area contributed by atoms with Crippen molar-refractivity contribution in [3.63, 3.8) is 0 Å². The Labute approximate surface area is 86.7 Å².